The average molecular weight is 259 g/mol. The van der Waals surface area contributed by atoms with Crippen LogP contribution in [-0.2, 0) is 6.54 Å². The number of fused-ring (bicyclic) bond motifs is 1. The SMILES string of the molecule is NCCn1cncc1-c1ccc2c(c1)OCCCO2. The number of nitrogens with zero attached hydrogens (tertiary/aromatic N) is 2. The molecular weight excluding hydrogens is 242 g/mol. The lowest BCUT2D eigenvalue weighted by atomic mass is 10.1. The Bertz CT molecular complexity index is 566. The fraction of sp³-hybridized carbons (Fsp3) is 0.357. The van der Waals surface area contributed by atoms with Crippen molar-refractivity contribution in [2.45, 2.75) is 13.0 Å². The fourth-order valence-corrected chi connectivity index (χ4v) is 2.20. The Hall–Kier alpha value is -2.01. The molecule has 0 radical (unpaired) electrons. The van der Waals surface area contributed by atoms with Gasteiger partial charge < -0.3 is 19.8 Å². The van der Waals surface area contributed by atoms with Gasteiger partial charge in [0, 0.05) is 25.1 Å². The van der Waals surface area contributed by atoms with Gasteiger partial charge in [-0.2, -0.15) is 0 Å². The highest BCUT2D eigenvalue weighted by Gasteiger charge is 2.13. The van der Waals surface area contributed by atoms with Gasteiger partial charge >= 0.3 is 0 Å². The molecule has 0 saturated carbocycles. The minimum Gasteiger partial charge on any atom is -0.490 e. The van der Waals surface area contributed by atoms with Crippen molar-refractivity contribution >= 4 is 0 Å². The molecule has 1 aromatic heterocycles. The zero-order valence-corrected chi connectivity index (χ0v) is 10.7. The lowest BCUT2D eigenvalue weighted by Crippen LogP contribution is -2.09. The summed E-state index contributed by atoms with van der Waals surface area (Å²) in [5, 5.41) is 0. The molecule has 2 aromatic rings. The van der Waals surface area contributed by atoms with Gasteiger partial charge in [0.15, 0.2) is 11.5 Å². The van der Waals surface area contributed by atoms with Gasteiger partial charge in [0.1, 0.15) is 0 Å². The highest BCUT2D eigenvalue weighted by molar-refractivity contribution is 5.64. The number of nitrogens with two attached hydrogens (primary N) is 1. The number of hydrogen-bond donors (Lipinski definition) is 1. The van der Waals surface area contributed by atoms with E-state index < -0.39 is 0 Å². The summed E-state index contributed by atoms with van der Waals surface area (Å²) in [5.74, 6) is 1.61. The zero-order valence-electron chi connectivity index (χ0n) is 10.7. The Morgan fingerprint density at radius 3 is 2.89 bits per heavy atom. The molecule has 1 aromatic carbocycles. The van der Waals surface area contributed by atoms with E-state index in [1.807, 2.05) is 29.0 Å². The molecule has 1 aliphatic rings. The summed E-state index contributed by atoms with van der Waals surface area (Å²) < 4.78 is 13.4. The van der Waals surface area contributed by atoms with Crippen LogP contribution < -0.4 is 15.2 Å². The van der Waals surface area contributed by atoms with Crippen molar-refractivity contribution < 1.29 is 9.47 Å². The summed E-state index contributed by atoms with van der Waals surface area (Å²) in [6.45, 7) is 2.74. The fourth-order valence-electron chi connectivity index (χ4n) is 2.20. The van der Waals surface area contributed by atoms with Gasteiger partial charge in [0.05, 0.1) is 31.4 Å². The maximum absolute atomic E-state index is 5.71. The third-order valence-corrected chi connectivity index (χ3v) is 3.13. The van der Waals surface area contributed by atoms with Crippen LogP contribution in [0.4, 0.5) is 0 Å². The Kier molecular flexibility index (Phi) is 3.37. The molecule has 0 fully saturated rings. The predicted molar refractivity (Wildman–Crippen MR) is 72.3 cm³/mol. The Balaban J connectivity index is 1.97. The smallest absolute Gasteiger partial charge is 0.161 e. The van der Waals surface area contributed by atoms with Gasteiger partial charge in [-0.1, -0.05) is 0 Å². The number of rotatable bonds is 3. The van der Waals surface area contributed by atoms with E-state index in [0.717, 1.165) is 35.7 Å². The van der Waals surface area contributed by atoms with Gasteiger partial charge in [-0.25, -0.2) is 4.98 Å². The molecule has 100 valence electrons. The summed E-state index contributed by atoms with van der Waals surface area (Å²) in [7, 11) is 0. The van der Waals surface area contributed by atoms with Crippen LogP contribution >= 0.6 is 0 Å². The quantitative estimate of drug-likeness (QED) is 0.910. The Labute approximate surface area is 112 Å². The molecule has 0 atom stereocenters. The van der Waals surface area contributed by atoms with E-state index in [0.29, 0.717) is 19.8 Å². The molecule has 0 bridgehead atoms. The first-order chi connectivity index (χ1) is 9.38. The molecule has 2 N–H and O–H groups in total. The molecule has 0 aliphatic carbocycles. The largest absolute Gasteiger partial charge is 0.490 e. The minimum atomic E-state index is 0.591. The topological polar surface area (TPSA) is 62.3 Å². The number of hydrogen-bond acceptors (Lipinski definition) is 4. The first kappa shape index (κ1) is 12.0. The van der Waals surface area contributed by atoms with E-state index >= 15 is 0 Å². The third kappa shape index (κ3) is 2.42. The summed E-state index contributed by atoms with van der Waals surface area (Å²) in [4.78, 5) is 4.18. The molecule has 19 heavy (non-hydrogen) atoms. The normalized spacial score (nSPS) is 14.2. The molecule has 2 heterocycles. The first-order valence-corrected chi connectivity index (χ1v) is 6.48. The van der Waals surface area contributed by atoms with Crippen molar-refractivity contribution in [1.29, 1.82) is 0 Å². The second kappa shape index (κ2) is 5.32. The van der Waals surface area contributed by atoms with E-state index in [1.54, 1.807) is 6.33 Å². The van der Waals surface area contributed by atoms with E-state index in [2.05, 4.69) is 4.98 Å². The second-order valence-electron chi connectivity index (χ2n) is 4.47. The highest BCUT2D eigenvalue weighted by atomic mass is 16.5. The summed E-state index contributed by atoms with van der Waals surface area (Å²) in [6, 6.07) is 5.98. The average Bonchev–Trinajstić information content (AvgIpc) is 2.76. The Morgan fingerprint density at radius 2 is 2.05 bits per heavy atom. The minimum absolute atomic E-state index is 0.591. The van der Waals surface area contributed by atoms with Crippen LogP contribution in [0, 0.1) is 0 Å². The van der Waals surface area contributed by atoms with Crippen molar-refractivity contribution in [2.75, 3.05) is 19.8 Å². The highest BCUT2D eigenvalue weighted by Crippen LogP contribution is 2.34. The lowest BCUT2D eigenvalue weighted by Gasteiger charge is -2.11. The molecule has 5 nitrogen and oxygen atoms in total. The number of benzene rings is 1. The van der Waals surface area contributed by atoms with Gasteiger partial charge in [-0.3, -0.25) is 0 Å². The molecule has 5 heteroatoms. The third-order valence-electron chi connectivity index (χ3n) is 3.13. The zero-order chi connectivity index (χ0) is 13.1. The van der Waals surface area contributed by atoms with Crippen molar-refractivity contribution in [3.05, 3.63) is 30.7 Å². The molecular formula is C14H17N3O2. The standard InChI is InChI=1S/C14H17N3O2/c15-4-5-17-10-16-9-12(17)11-2-3-13-14(8-11)19-7-1-6-18-13/h2-3,8-10H,1,4-7,15H2. The molecule has 0 spiro atoms. The van der Waals surface area contributed by atoms with Gasteiger partial charge in [-0.05, 0) is 18.2 Å². The van der Waals surface area contributed by atoms with Crippen LogP contribution in [0.25, 0.3) is 11.3 Å². The van der Waals surface area contributed by atoms with Crippen LogP contribution in [0.3, 0.4) is 0 Å². The molecule has 1 aliphatic heterocycles. The Morgan fingerprint density at radius 1 is 1.21 bits per heavy atom. The molecule has 0 unspecified atom stereocenters. The van der Waals surface area contributed by atoms with Crippen LogP contribution in [0.15, 0.2) is 30.7 Å². The number of imidazole rings is 1. The molecule has 0 amide bonds. The predicted octanol–water partition coefficient (Wildman–Crippen LogP) is 1.67. The number of ether oxygens (including phenoxy) is 2. The first-order valence-electron chi connectivity index (χ1n) is 6.48. The van der Waals surface area contributed by atoms with Gasteiger partial charge in [-0.15, -0.1) is 0 Å². The second-order valence-corrected chi connectivity index (χ2v) is 4.47. The van der Waals surface area contributed by atoms with E-state index in [-0.39, 0.29) is 0 Å². The van der Waals surface area contributed by atoms with Crippen LogP contribution in [-0.4, -0.2) is 29.3 Å². The van der Waals surface area contributed by atoms with Crippen LogP contribution in [0.2, 0.25) is 0 Å². The maximum Gasteiger partial charge on any atom is 0.161 e. The summed E-state index contributed by atoms with van der Waals surface area (Å²) >= 11 is 0. The summed E-state index contributed by atoms with van der Waals surface area (Å²) in [5.41, 5.74) is 7.71. The monoisotopic (exact) mass is 259 g/mol. The van der Waals surface area contributed by atoms with Gasteiger partial charge in [0.25, 0.3) is 0 Å². The van der Waals surface area contributed by atoms with Crippen LogP contribution in [0.1, 0.15) is 6.42 Å². The van der Waals surface area contributed by atoms with Crippen molar-refractivity contribution in [1.82, 2.24) is 9.55 Å². The van der Waals surface area contributed by atoms with Crippen molar-refractivity contribution in [3.8, 4) is 22.8 Å². The summed E-state index contributed by atoms with van der Waals surface area (Å²) in [6.07, 6.45) is 4.55. The molecule has 3 rings (SSSR count). The van der Waals surface area contributed by atoms with E-state index in [4.69, 9.17) is 15.2 Å². The number of aromatic nitrogens is 2. The molecule has 0 saturated heterocycles. The van der Waals surface area contributed by atoms with Crippen LogP contribution in [0.5, 0.6) is 11.5 Å². The van der Waals surface area contributed by atoms with Gasteiger partial charge in [0.2, 0.25) is 0 Å². The maximum atomic E-state index is 5.71. The van der Waals surface area contributed by atoms with Crippen molar-refractivity contribution in [2.24, 2.45) is 5.73 Å². The van der Waals surface area contributed by atoms with E-state index in [1.165, 1.54) is 0 Å². The van der Waals surface area contributed by atoms with E-state index in [9.17, 15) is 0 Å². The lowest BCUT2D eigenvalue weighted by molar-refractivity contribution is 0.297. The van der Waals surface area contributed by atoms with Crippen molar-refractivity contribution in [3.63, 3.8) is 0 Å².